The van der Waals surface area contributed by atoms with E-state index in [4.69, 9.17) is 5.21 Å². The van der Waals surface area contributed by atoms with Crippen LogP contribution in [0.25, 0.3) is 0 Å². The molecule has 0 aliphatic heterocycles. The molecule has 0 bridgehead atoms. The second-order valence-electron chi connectivity index (χ2n) is 8.39. The zero-order valence-corrected chi connectivity index (χ0v) is 19.0. The number of nitrogens with one attached hydrogen (secondary N) is 3. The van der Waals surface area contributed by atoms with E-state index in [0.29, 0.717) is 19.4 Å². The molecule has 0 saturated heterocycles. The maximum Gasteiger partial charge on any atom is 0.244 e. The topological polar surface area (TPSA) is 141 Å². The quantitative estimate of drug-likeness (QED) is 0.243. The third-order valence-electron chi connectivity index (χ3n) is 5.15. The van der Waals surface area contributed by atoms with Crippen molar-refractivity contribution in [3.8, 4) is 5.75 Å². The van der Waals surface area contributed by atoms with E-state index >= 15 is 0 Å². The molecule has 2 rings (SSSR count). The van der Waals surface area contributed by atoms with Crippen molar-refractivity contribution in [3.05, 3.63) is 59.9 Å². The molecule has 0 aliphatic carbocycles. The Bertz CT molecular complexity index is 903. The van der Waals surface area contributed by atoms with Crippen molar-refractivity contribution in [1.82, 2.24) is 21.1 Å². The Morgan fingerprint density at radius 3 is 2.24 bits per heavy atom. The summed E-state index contributed by atoms with van der Waals surface area (Å²) in [5.74, 6) is -1.77. The molecule has 0 fully saturated rings. The summed E-state index contributed by atoms with van der Waals surface area (Å²) >= 11 is 0. The number of phenols is 1. The molecule has 3 amide bonds. The third kappa shape index (κ3) is 9.28. The molecule has 33 heavy (non-hydrogen) atoms. The van der Waals surface area contributed by atoms with E-state index in [2.05, 4.69) is 15.6 Å². The van der Waals surface area contributed by atoms with Crippen LogP contribution in [-0.4, -0.2) is 45.6 Å². The number of pyridine rings is 1. The standard InChI is InChI=1S/C24H32N4O5/c1-16(2)13-19(15-22(30)28-33)23(31)27-21(14-18-7-10-25-11-8-18)24(32)26-12-9-17-3-5-20(29)6-4-17/h3-8,10-11,16,19,21,29,33H,9,12-15H2,1-2H3,(H,26,32)(H,27,31)(H,28,30)/t19-,21-/m1/s1. The summed E-state index contributed by atoms with van der Waals surface area (Å²) in [6.07, 6.45) is 4.32. The highest BCUT2D eigenvalue weighted by Crippen LogP contribution is 2.17. The number of benzene rings is 1. The number of aromatic hydroxyl groups is 1. The van der Waals surface area contributed by atoms with Gasteiger partial charge in [-0.2, -0.15) is 0 Å². The highest BCUT2D eigenvalue weighted by molar-refractivity contribution is 5.90. The van der Waals surface area contributed by atoms with Gasteiger partial charge in [0.05, 0.1) is 0 Å². The Morgan fingerprint density at radius 2 is 1.64 bits per heavy atom. The molecule has 0 unspecified atom stereocenters. The molecule has 1 aromatic heterocycles. The molecule has 9 heteroatoms. The van der Waals surface area contributed by atoms with Gasteiger partial charge in [-0.25, -0.2) is 5.48 Å². The Morgan fingerprint density at radius 1 is 0.970 bits per heavy atom. The van der Waals surface area contributed by atoms with Gasteiger partial charge in [-0.3, -0.25) is 24.6 Å². The number of carbonyl (C=O) groups is 3. The number of hydrogen-bond donors (Lipinski definition) is 5. The first-order valence-corrected chi connectivity index (χ1v) is 11.0. The van der Waals surface area contributed by atoms with Crippen LogP contribution in [-0.2, 0) is 27.2 Å². The molecule has 2 aromatic rings. The van der Waals surface area contributed by atoms with Crippen LogP contribution in [0.5, 0.6) is 5.75 Å². The molecule has 0 spiro atoms. The first kappa shape index (κ1) is 25.8. The van der Waals surface area contributed by atoms with E-state index in [1.165, 1.54) is 0 Å². The highest BCUT2D eigenvalue weighted by atomic mass is 16.5. The zero-order valence-electron chi connectivity index (χ0n) is 19.0. The van der Waals surface area contributed by atoms with Crippen molar-refractivity contribution in [2.24, 2.45) is 11.8 Å². The minimum Gasteiger partial charge on any atom is -0.508 e. The van der Waals surface area contributed by atoms with Gasteiger partial charge in [-0.1, -0.05) is 26.0 Å². The van der Waals surface area contributed by atoms with Gasteiger partial charge in [0.25, 0.3) is 0 Å². The minimum atomic E-state index is -0.841. The van der Waals surface area contributed by atoms with Gasteiger partial charge in [-0.15, -0.1) is 0 Å². The first-order chi connectivity index (χ1) is 15.8. The number of phenolic OH excluding ortho intramolecular Hbond substituents is 1. The molecule has 0 radical (unpaired) electrons. The molecule has 2 atom stereocenters. The van der Waals surface area contributed by atoms with Crippen molar-refractivity contribution in [1.29, 1.82) is 0 Å². The summed E-state index contributed by atoms with van der Waals surface area (Å²) in [4.78, 5) is 41.6. The average molecular weight is 457 g/mol. The second-order valence-corrected chi connectivity index (χ2v) is 8.39. The van der Waals surface area contributed by atoms with Crippen LogP contribution >= 0.6 is 0 Å². The lowest BCUT2D eigenvalue weighted by Crippen LogP contribution is -2.50. The molecule has 1 aromatic carbocycles. The Hall–Kier alpha value is -3.46. The van der Waals surface area contributed by atoms with Gasteiger partial charge < -0.3 is 15.7 Å². The van der Waals surface area contributed by atoms with Crippen LogP contribution in [0.4, 0.5) is 0 Å². The summed E-state index contributed by atoms with van der Waals surface area (Å²) in [5, 5.41) is 23.9. The second kappa shape index (κ2) is 13.2. The lowest BCUT2D eigenvalue weighted by molar-refractivity contribution is -0.136. The Labute approximate surface area is 193 Å². The molecular formula is C24H32N4O5. The van der Waals surface area contributed by atoms with Crippen molar-refractivity contribution >= 4 is 17.7 Å². The fraction of sp³-hybridized carbons (Fsp3) is 0.417. The summed E-state index contributed by atoms with van der Waals surface area (Å²) < 4.78 is 0. The summed E-state index contributed by atoms with van der Waals surface area (Å²) in [5.41, 5.74) is 3.35. The highest BCUT2D eigenvalue weighted by Gasteiger charge is 2.28. The Balaban J connectivity index is 2.07. The normalized spacial score (nSPS) is 12.6. The van der Waals surface area contributed by atoms with Crippen LogP contribution in [0.2, 0.25) is 0 Å². The molecule has 5 N–H and O–H groups in total. The minimum absolute atomic E-state index is 0.144. The number of hydrogen-bond acceptors (Lipinski definition) is 6. The van der Waals surface area contributed by atoms with E-state index < -0.39 is 23.8 Å². The number of aromatic nitrogens is 1. The van der Waals surface area contributed by atoms with Gasteiger partial charge in [-0.05, 0) is 54.2 Å². The van der Waals surface area contributed by atoms with E-state index in [1.54, 1.807) is 54.3 Å². The van der Waals surface area contributed by atoms with Crippen molar-refractivity contribution in [2.75, 3.05) is 6.54 Å². The van der Waals surface area contributed by atoms with Crippen molar-refractivity contribution < 1.29 is 24.7 Å². The van der Waals surface area contributed by atoms with Crippen LogP contribution in [0.3, 0.4) is 0 Å². The molecule has 1 heterocycles. The van der Waals surface area contributed by atoms with E-state index in [-0.39, 0.29) is 30.4 Å². The largest absolute Gasteiger partial charge is 0.508 e. The Kier molecular flexibility index (Phi) is 10.3. The maximum atomic E-state index is 13.0. The number of amides is 3. The predicted molar refractivity (Wildman–Crippen MR) is 122 cm³/mol. The van der Waals surface area contributed by atoms with Crippen LogP contribution in [0.1, 0.15) is 37.8 Å². The average Bonchev–Trinajstić information content (AvgIpc) is 2.79. The summed E-state index contributed by atoms with van der Waals surface area (Å²) in [6, 6.07) is 9.43. The lowest BCUT2D eigenvalue weighted by atomic mass is 9.92. The number of nitrogens with zero attached hydrogens (tertiary/aromatic N) is 1. The van der Waals surface area contributed by atoms with Gasteiger partial charge in [0.2, 0.25) is 17.7 Å². The van der Waals surface area contributed by atoms with Gasteiger partial charge in [0.1, 0.15) is 11.8 Å². The molecule has 0 saturated carbocycles. The molecular weight excluding hydrogens is 424 g/mol. The fourth-order valence-corrected chi connectivity index (χ4v) is 3.49. The van der Waals surface area contributed by atoms with Gasteiger partial charge >= 0.3 is 0 Å². The molecule has 9 nitrogen and oxygen atoms in total. The molecule has 0 aliphatic rings. The summed E-state index contributed by atoms with van der Waals surface area (Å²) in [7, 11) is 0. The van der Waals surface area contributed by atoms with E-state index in [0.717, 1.165) is 11.1 Å². The van der Waals surface area contributed by atoms with Crippen LogP contribution in [0.15, 0.2) is 48.8 Å². The van der Waals surface area contributed by atoms with Crippen molar-refractivity contribution in [2.45, 2.75) is 45.6 Å². The maximum absolute atomic E-state index is 13.0. The van der Waals surface area contributed by atoms with Gasteiger partial charge in [0, 0.05) is 37.7 Å². The SMILES string of the molecule is CC(C)C[C@H](CC(=O)NO)C(=O)N[C@H](Cc1ccncc1)C(=O)NCCc1ccc(O)cc1. The first-order valence-electron chi connectivity index (χ1n) is 11.0. The van der Waals surface area contributed by atoms with Crippen LogP contribution in [0, 0.1) is 11.8 Å². The van der Waals surface area contributed by atoms with Crippen LogP contribution < -0.4 is 16.1 Å². The number of hydroxylamine groups is 1. The molecule has 178 valence electrons. The summed E-state index contributed by atoms with van der Waals surface area (Å²) in [6.45, 7) is 4.22. The number of rotatable bonds is 12. The fourth-order valence-electron chi connectivity index (χ4n) is 3.49. The predicted octanol–water partition coefficient (Wildman–Crippen LogP) is 1.73. The lowest BCUT2D eigenvalue weighted by Gasteiger charge is -2.23. The van der Waals surface area contributed by atoms with E-state index in [1.807, 2.05) is 13.8 Å². The zero-order chi connectivity index (χ0) is 24.2. The monoisotopic (exact) mass is 456 g/mol. The number of carbonyl (C=O) groups excluding carboxylic acids is 3. The van der Waals surface area contributed by atoms with Gasteiger partial charge in [0.15, 0.2) is 0 Å². The van der Waals surface area contributed by atoms with E-state index in [9.17, 15) is 19.5 Å². The smallest absolute Gasteiger partial charge is 0.244 e. The van der Waals surface area contributed by atoms with Crippen molar-refractivity contribution in [3.63, 3.8) is 0 Å². The third-order valence-corrected chi connectivity index (χ3v) is 5.15.